The van der Waals surface area contributed by atoms with Crippen molar-refractivity contribution >= 4 is 21.8 Å². The first-order chi connectivity index (χ1) is 30.5. The Morgan fingerprint density at radius 3 is 1.13 bits per heavy atom. The minimum atomic E-state index is -5.04. The number of halogens is 6. The van der Waals surface area contributed by atoms with E-state index in [1.165, 1.54) is 6.07 Å². The van der Waals surface area contributed by atoms with Gasteiger partial charge in [0.1, 0.15) is 0 Å². The number of benzene rings is 8. The average Bonchev–Trinajstić information content (AvgIpc) is 3.64. The van der Waals surface area contributed by atoms with Crippen LogP contribution in [-0.4, -0.2) is 19.5 Å². The highest BCUT2D eigenvalue weighted by Crippen LogP contribution is 2.43. The third kappa shape index (κ3) is 7.61. The molecule has 0 saturated carbocycles. The van der Waals surface area contributed by atoms with Gasteiger partial charge in [0.05, 0.1) is 27.8 Å². The molecule has 0 fully saturated rings. The van der Waals surface area contributed by atoms with Crippen LogP contribution in [0, 0.1) is 0 Å². The Balaban J connectivity index is 1.30. The molecule has 0 atom stereocenters. The Morgan fingerprint density at radius 2 is 0.698 bits per heavy atom. The van der Waals surface area contributed by atoms with E-state index in [4.69, 9.17) is 15.0 Å². The summed E-state index contributed by atoms with van der Waals surface area (Å²) >= 11 is 0. The summed E-state index contributed by atoms with van der Waals surface area (Å²) in [5, 5.41) is 1.76. The van der Waals surface area contributed by atoms with Crippen molar-refractivity contribution in [1.82, 2.24) is 19.5 Å². The van der Waals surface area contributed by atoms with Gasteiger partial charge in [0.2, 0.25) is 0 Å². The Bertz CT molecular complexity index is 3100. The maximum absolute atomic E-state index is 14.3. The zero-order chi connectivity index (χ0) is 43.3. The van der Waals surface area contributed by atoms with Crippen LogP contribution in [0.1, 0.15) is 11.1 Å². The summed E-state index contributed by atoms with van der Waals surface area (Å²) in [4.78, 5) is 14.9. The summed E-state index contributed by atoms with van der Waals surface area (Å²) < 4.78 is 87.6. The number of nitrogens with zero attached hydrogens (tertiary/aromatic N) is 4. The molecule has 0 N–H and O–H groups in total. The molecule has 0 aliphatic rings. The van der Waals surface area contributed by atoms with Crippen molar-refractivity contribution in [2.75, 3.05) is 0 Å². The molecule has 10 rings (SSSR count). The van der Waals surface area contributed by atoms with Crippen LogP contribution in [0.4, 0.5) is 26.3 Å². The van der Waals surface area contributed by atoms with Gasteiger partial charge >= 0.3 is 12.4 Å². The van der Waals surface area contributed by atoms with Gasteiger partial charge in [0.15, 0.2) is 17.5 Å². The maximum Gasteiger partial charge on any atom is 0.416 e. The molecule has 0 unspecified atom stereocenters. The summed E-state index contributed by atoms with van der Waals surface area (Å²) in [6.45, 7) is 0. The predicted octanol–water partition coefficient (Wildman–Crippen LogP) is 15.0. The van der Waals surface area contributed by atoms with Crippen LogP contribution in [0.2, 0.25) is 0 Å². The molecule has 2 heterocycles. The fraction of sp³-hybridized carbons (Fsp3) is 0.0377. The zero-order valence-corrected chi connectivity index (χ0v) is 33.0. The first-order valence-electron chi connectivity index (χ1n) is 20.0. The quantitative estimate of drug-likeness (QED) is 0.150. The topological polar surface area (TPSA) is 43.6 Å². The maximum atomic E-state index is 14.3. The van der Waals surface area contributed by atoms with Gasteiger partial charge in [-0.05, 0) is 88.0 Å². The number of rotatable bonds is 7. The van der Waals surface area contributed by atoms with Crippen molar-refractivity contribution < 1.29 is 26.3 Å². The molecule has 0 amide bonds. The average molecular weight is 839 g/mol. The van der Waals surface area contributed by atoms with E-state index in [1.54, 1.807) is 12.1 Å². The number of hydrogen-bond acceptors (Lipinski definition) is 3. The van der Waals surface area contributed by atoms with Gasteiger partial charge in [-0.25, -0.2) is 15.0 Å². The normalized spacial score (nSPS) is 12.0. The van der Waals surface area contributed by atoms with E-state index in [1.807, 2.05) is 150 Å². The van der Waals surface area contributed by atoms with Gasteiger partial charge in [-0.2, -0.15) is 26.3 Å². The molecule has 10 aromatic rings. The van der Waals surface area contributed by atoms with E-state index >= 15 is 0 Å². The smallest absolute Gasteiger partial charge is 0.308 e. The van der Waals surface area contributed by atoms with Crippen LogP contribution in [-0.2, 0) is 12.4 Å². The van der Waals surface area contributed by atoms with Crippen molar-refractivity contribution in [1.29, 1.82) is 0 Å². The molecule has 63 heavy (non-hydrogen) atoms. The third-order valence-corrected chi connectivity index (χ3v) is 11.1. The van der Waals surface area contributed by atoms with Gasteiger partial charge < -0.3 is 4.57 Å². The van der Waals surface area contributed by atoms with E-state index < -0.39 is 23.5 Å². The summed E-state index contributed by atoms with van der Waals surface area (Å²) in [5.74, 6) is 1.01. The highest BCUT2D eigenvalue weighted by atomic mass is 19.4. The standard InChI is InChI=1S/C53H32F6N4/c54-52(55,56)41-27-40(28-42(32-41)53(57,58)59)39-21-24-43(51-61-49(35-17-9-3-10-18-35)60-50(62-51)36-19-11-4-12-20-36)48(31-39)63-46-25-22-37(33-13-5-1-6-14-33)29-44(46)45-30-38(23-26-47(45)63)34-15-7-2-8-16-34/h1-32H. The molecule has 0 spiro atoms. The largest absolute Gasteiger partial charge is 0.416 e. The van der Waals surface area contributed by atoms with Crippen molar-refractivity contribution in [3.8, 4) is 73.2 Å². The van der Waals surface area contributed by atoms with E-state index in [0.717, 1.165) is 67.3 Å². The SMILES string of the molecule is FC(F)(F)c1cc(-c2ccc(-c3nc(-c4ccccc4)nc(-c4ccccc4)n3)c(-n3c4ccc(-c5ccccc5)cc4c4cc(-c5ccccc5)ccc43)c2)cc(C(F)(F)F)c1. The fourth-order valence-corrected chi connectivity index (χ4v) is 8.04. The predicted molar refractivity (Wildman–Crippen MR) is 237 cm³/mol. The van der Waals surface area contributed by atoms with E-state index in [2.05, 4.69) is 12.1 Å². The summed E-state index contributed by atoms with van der Waals surface area (Å²) in [7, 11) is 0. The molecular weight excluding hydrogens is 807 g/mol. The summed E-state index contributed by atoms with van der Waals surface area (Å²) in [6.07, 6.45) is -10.1. The molecule has 2 aromatic heterocycles. The molecule has 0 radical (unpaired) electrons. The second-order valence-corrected chi connectivity index (χ2v) is 15.1. The van der Waals surface area contributed by atoms with Crippen LogP contribution >= 0.6 is 0 Å². The lowest BCUT2D eigenvalue weighted by atomic mass is 9.97. The molecule has 10 heteroatoms. The highest BCUT2D eigenvalue weighted by Gasteiger charge is 2.37. The third-order valence-electron chi connectivity index (χ3n) is 11.1. The number of alkyl halides is 6. The van der Waals surface area contributed by atoms with Crippen molar-refractivity contribution in [2.45, 2.75) is 12.4 Å². The number of fused-ring (bicyclic) bond motifs is 3. The van der Waals surface area contributed by atoms with E-state index in [9.17, 15) is 26.3 Å². The van der Waals surface area contributed by atoms with Gasteiger partial charge in [-0.3, -0.25) is 0 Å². The fourth-order valence-electron chi connectivity index (χ4n) is 8.04. The van der Waals surface area contributed by atoms with Crippen LogP contribution in [0.15, 0.2) is 194 Å². The number of hydrogen-bond donors (Lipinski definition) is 0. The Kier molecular flexibility index (Phi) is 9.71. The summed E-state index contributed by atoms with van der Waals surface area (Å²) in [6, 6.07) is 57.3. The molecule has 0 saturated heterocycles. The van der Waals surface area contributed by atoms with Gasteiger partial charge in [0, 0.05) is 27.5 Å². The van der Waals surface area contributed by atoms with Crippen LogP contribution in [0.5, 0.6) is 0 Å². The molecular formula is C53H32F6N4. The minimum Gasteiger partial charge on any atom is -0.308 e. The number of aromatic nitrogens is 4. The van der Waals surface area contributed by atoms with Crippen LogP contribution in [0.3, 0.4) is 0 Å². The Morgan fingerprint density at radius 1 is 0.317 bits per heavy atom. The van der Waals surface area contributed by atoms with Crippen molar-refractivity contribution in [3.05, 3.63) is 205 Å². The lowest BCUT2D eigenvalue weighted by Crippen LogP contribution is -2.11. The second kappa shape index (κ2) is 15.6. The second-order valence-electron chi connectivity index (χ2n) is 15.1. The first-order valence-corrected chi connectivity index (χ1v) is 20.0. The lowest BCUT2D eigenvalue weighted by Gasteiger charge is -2.18. The highest BCUT2D eigenvalue weighted by molar-refractivity contribution is 6.12. The molecule has 0 aliphatic carbocycles. The molecule has 4 nitrogen and oxygen atoms in total. The molecule has 0 aliphatic heterocycles. The Labute approximate surface area is 357 Å². The first kappa shape index (κ1) is 39.3. The molecule has 0 bridgehead atoms. The van der Waals surface area contributed by atoms with Crippen molar-refractivity contribution in [3.63, 3.8) is 0 Å². The van der Waals surface area contributed by atoms with Crippen LogP contribution < -0.4 is 0 Å². The van der Waals surface area contributed by atoms with Crippen LogP contribution in [0.25, 0.3) is 95.0 Å². The monoisotopic (exact) mass is 838 g/mol. The van der Waals surface area contributed by atoms with Gasteiger partial charge in [-0.15, -0.1) is 0 Å². The Hall–Kier alpha value is -7.85. The van der Waals surface area contributed by atoms with Gasteiger partial charge in [-0.1, -0.05) is 140 Å². The summed E-state index contributed by atoms with van der Waals surface area (Å²) in [5.41, 5.74) is 4.81. The van der Waals surface area contributed by atoms with E-state index in [0.29, 0.717) is 22.9 Å². The molecule has 8 aromatic carbocycles. The minimum absolute atomic E-state index is 0.128. The molecule has 306 valence electrons. The van der Waals surface area contributed by atoms with E-state index in [-0.39, 0.29) is 23.0 Å². The zero-order valence-electron chi connectivity index (χ0n) is 33.0. The van der Waals surface area contributed by atoms with Gasteiger partial charge in [0.25, 0.3) is 0 Å². The van der Waals surface area contributed by atoms with Crippen molar-refractivity contribution in [2.24, 2.45) is 0 Å². The lowest BCUT2D eigenvalue weighted by molar-refractivity contribution is -0.143.